The summed E-state index contributed by atoms with van der Waals surface area (Å²) in [7, 11) is 0. The molecule has 11 heteroatoms. The van der Waals surface area contributed by atoms with Gasteiger partial charge in [0.15, 0.2) is 5.78 Å². The van der Waals surface area contributed by atoms with E-state index in [1.54, 1.807) is 30.3 Å². The summed E-state index contributed by atoms with van der Waals surface area (Å²) in [6.07, 6.45) is 2.72. The van der Waals surface area contributed by atoms with Gasteiger partial charge >= 0.3 is 18.0 Å². The Morgan fingerprint density at radius 2 is 1.95 bits per heavy atom. The van der Waals surface area contributed by atoms with Crippen LogP contribution in [-0.4, -0.2) is 50.5 Å². The molecule has 3 atom stereocenters. The highest BCUT2D eigenvalue weighted by Crippen LogP contribution is 2.48. The van der Waals surface area contributed by atoms with Crippen LogP contribution in [0.15, 0.2) is 42.6 Å². The van der Waals surface area contributed by atoms with E-state index >= 15 is 0 Å². The molecular formula is C26H24ClFN4O5. The number of carboxylic acids is 1. The Labute approximate surface area is 216 Å². The Balaban J connectivity index is 1.36. The van der Waals surface area contributed by atoms with Crippen molar-refractivity contribution in [1.82, 2.24) is 9.47 Å². The molecule has 2 heterocycles. The molecule has 192 valence electrons. The van der Waals surface area contributed by atoms with Crippen LogP contribution in [-0.2, 0) is 22.4 Å². The Kier molecular flexibility index (Phi) is 6.36. The molecule has 0 bridgehead atoms. The van der Waals surface area contributed by atoms with E-state index in [-0.39, 0.29) is 47.7 Å². The third-order valence-electron chi connectivity index (χ3n) is 7.09. The number of ketones is 1. The number of primary amides is 1. The first-order valence-electron chi connectivity index (χ1n) is 11.8. The number of aliphatic carboxylic acids is 1. The van der Waals surface area contributed by atoms with E-state index in [4.69, 9.17) is 22.4 Å². The molecule has 3 aromatic rings. The summed E-state index contributed by atoms with van der Waals surface area (Å²) in [5.74, 6) is -1.49. The van der Waals surface area contributed by atoms with Gasteiger partial charge in [-0.05, 0) is 54.5 Å². The lowest BCUT2D eigenvalue weighted by molar-refractivity contribution is -0.136. The van der Waals surface area contributed by atoms with E-state index in [1.165, 1.54) is 21.7 Å². The number of likely N-dealkylation sites (tertiary alicyclic amines) is 1. The number of aryl methyl sites for hydroxylation is 1. The molecule has 4 N–H and O–H groups in total. The van der Waals surface area contributed by atoms with Gasteiger partial charge in [-0.1, -0.05) is 29.8 Å². The summed E-state index contributed by atoms with van der Waals surface area (Å²) in [5.41, 5.74) is 7.01. The number of fused-ring (bicyclic) bond motifs is 2. The van der Waals surface area contributed by atoms with Gasteiger partial charge in [-0.2, -0.15) is 0 Å². The smallest absolute Gasteiger partial charge is 0.323 e. The van der Waals surface area contributed by atoms with Crippen LogP contribution >= 0.6 is 11.6 Å². The average Bonchev–Trinajstić information content (AvgIpc) is 3.35. The number of aromatic nitrogens is 1. The largest absolute Gasteiger partial charge is 0.481 e. The first kappa shape index (κ1) is 24.8. The van der Waals surface area contributed by atoms with Gasteiger partial charge in [0.05, 0.1) is 28.7 Å². The second kappa shape index (κ2) is 9.51. The zero-order valence-electron chi connectivity index (χ0n) is 19.6. The minimum Gasteiger partial charge on any atom is -0.481 e. The number of nitrogens with two attached hydrogens (primary N) is 1. The predicted molar refractivity (Wildman–Crippen MR) is 134 cm³/mol. The third-order valence-corrected chi connectivity index (χ3v) is 7.38. The maximum atomic E-state index is 14.2. The molecule has 2 aromatic carbocycles. The topological polar surface area (TPSA) is 135 Å². The average molecular weight is 527 g/mol. The summed E-state index contributed by atoms with van der Waals surface area (Å²) in [4.78, 5) is 51.1. The van der Waals surface area contributed by atoms with Gasteiger partial charge in [-0.3, -0.25) is 14.2 Å². The number of anilines is 1. The van der Waals surface area contributed by atoms with Crippen molar-refractivity contribution >= 4 is 52.0 Å². The normalized spacial score (nSPS) is 20.1. The fraction of sp³-hybridized carbons (Fsp3) is 0.308. The van der Waals surface area contributed by atoms with Gasteiger partial charge in [-0.25, -0.2) is 14.0 Å². The van der Waals surface area contributed by atoms with Gasteiger partial charge < -0.3 is 21.1 Å². The Hall–Kier alpha value is -3.92. The van der Waals surface area contributed by atoms with Gasteiger partial charge in [0.2, 0.25) is 0 Å². The molecule has 3 amide bonds. The number of hydrogen-bond donors (Lipinski definition) is 3. The molecule has 0 radical (unpaired) electrons. The van der Waals surface area contributed by atoms with Crippen LogP contribution in [0.3, 0.4) is 0 Å². The molecule has 1 saturated heterocycles. The van der Waals surface area contributed by atoms with Crippen LogP contribution in [0.2, 0.25) is 5.02 Å². The van der Waals surface area contributed by atoms with Crippen LogP contribution in [0, 0.1) is 11.7 Å². The number of rotatable bonds is 7. The minimum absolute atomic E-state index is 0.00491. The molecule has 2 aliphatic rings. The lowest BCUT2D eigenvalue weighted by Crippen LogP contribution is -2.45. The maximum absolute atomic E-state index is 14.2. The Morgan fingerprint density at radius 1 is 1.16 bits per heavy atom. The lowest BCUT2D eigenvalue weighted by Gasteiger charge is -2.27. The Morgan fingerprint density at radius 3 is 2.68 bits per heavy atom. The van der Waals surface area contributed by atoms with E-state index < -0.39 is 29.9 Å². The van der Waals surface area contributed by atoms with Crippen molar-refractivity contribution in [2.75, 3.05) is 5.32 Å². The summed E-state index contributed by atoms with van der Waals surface area (Å²) in [5, 5.41) is 12.4. The minimum atomic E-state index is -1.02. The highest BCUT2D eigenvalue weighted by atomic mass is 35.5. The quantitative estimate of drug-likeness (QED) is 0.424. The molecule has 1 aliphatic carbocycles. The van der Waals surface area contributed by atoms with Gasteiger partial charge in [0.1, 0.15) is 5.82 Å². The number of carbonyl (C=O) groups excluding carboxylic acids is 3. The number of nitrogens with zero attached hydrogens (tertiary/aromatic N) is 2. The van der Waals surface area contributed by atoms with Gasteiger partial charge in [-0.15, -0.1) is 0 Å². The number of halogens is 2. The second-order valence-electron chi connectivity index (χ2n) is 9.50. The number of amides is 3. The molecule has 37 heavy (non-hydrogen) atoms. The predicted octanol–water partition coefficient (Wildman–Crippen LogP) is 4.18. The fourth-order valence-corrected chi connectivity index (χ4v) is 5.42. The van der Waals surface area contributed by atoms with E-state index in [0.29, 0.717) is 28.5 Å². The van der Waals surface area contributed by atoms with Crippen LogP contribution in [0.5, 0.6) is 0 Å². The number of urea groups is 1. The first-order valence-corrected chi connectivity index (χ1v) is 12.2. The number of benzene rings is 2. The number of carboxylic acid groups (broad SMARTS) is 1. The summed E-state index contributed by atoms with van der Waals surface area (Å²) in [6, 6.07) is 7.42. The number of nitrogens with one attached hydrogen (secondary N) is 1. The van der Waals surface area contributed by atoms with E-state index in [0.717, 1.165) is 6.42 Å². The summed E-state index contributed by atoms with van der Waals surface area (Å²) >= 11 is 5.84. The highest BCUT2D eigenvalue weighted by molar-refractivity contribution is 6.30. The molecular weight excluding hydrogens is 503 g/mol. The van der Waals surface area contributed by atoms with Gasteiger partial charge in [0, 0.05) is 24.0 Å². The van der Waals surface area contributed by atoms with Crippen molar-refractivity contribution in [3.05, 3.63) is 64.6 Å². The Bertz CT molecular complexity index is 1450. The van der Waals surface area contributed by atoms with E-state index in [9.17, 15) is 23.6 Å². The number of carbonyl (C=O) groups is 4. The van der Waals surface area contributed by atoms with Crippen LogP contribution in [0.1, 0.15) is 30.4 Å². The molecule has 1 aromatic heterocycles. The van der Waals surface area contributed by atoms with Crippen LogP contribution in [0.4, 0.5) is 19.7 Å². The van der Waals surface area contributed by atoms with Crippen molar-refractivity contribution < 1.29 is 28.7 Å². The molecule has 2 fully saturated rings. The molecule has 5 rings (SSSR count). The fourth-order valence-electron chi connectivity index (χ4n) is 5.23. The number of Topliss-reactive ketones (excluding diaryl/α,β-unsaturated/α-hetero) is 1. The van der Waals surface area contributed by atoms with Crippen LogP contribution in [0.25, 0.3) is 10.9 Å². The number of hydrogen-bond acceptors (Lipinski definition) is 4. The standard InChI is InChI=1S/C26H24ClFN4O5/c27-17-3-1-2-14(24(17)28)5-7-22(33)21-11-15-10-20(15)32(21)26(37)30-18-12-31(25(29)36)19-6-4-13(8-16(18)19)9-23(34)35/h1-4,6,8,12,15,20-21H,5,7,9-11H2,(H2,29,36)(H,30,37)(H,34,35)/t15-,20-,21+/m1/s1. The van der Waals surface area contributed by atoms with Crippen LogP contribution < -0.4 is 11.1 Å². The zero-order valence-corrected chi connectivity index (χ0v) is 20.4. The number of piperidine rings is 1. The van der Waals surface area contributed by atoms with Crippen molar-refractivity contribution in [3.63, 3.8) is 0 Å². The lowest BCUT2D eigenvalue weighted by atomic mass is 10.00. The highest BCUT2D eigenvalue weighted by Gasteiger charge is 2.55. The van der Waals surface area contributed by atoms with Crippen molar-refractivity contribution in [2.45, 2.75) is 44.2 Å². The summed E-state index contributed by atoms with van der Waals surface area (Å²) < 4.78 is 15.4. The second-order valence-corrected chi connectivity index (χ2v) is 9.91. The van der Waals surface area contributed by atoms with Gasteiger partial charge in [0.25, 0.3) is 0 Å². The van der Waals surface area contributed by atoms with E-state index in [2.05, 4.69) is 5.32 Å². The monoisotopic (exact) mass is 526 g/mol. The maximum Gasteiger partial charge on any atom is 0.323 e. The molecule has 9 nitrogen and oxygen atoms in total. The molecule has 0 spiro atoms. The van der Waals surface area contributed by atoms with Crippen molar-refractivity contribution in [2.24, 2.45) is 11.7 Å². The molecule has 0 unspecified atom stereocenters. The zero-order chi connectivity index (χ0) is 26.4. The molecule has 1 aliphatic heterocycles. The third kappa shape index (κ3) is 4.76. The first-order chi connectivity index (χ1) is 17.6. The summed E-state index contributed by atoms with van der Waals surface area (Å²) in [6.45, 7) is 0. The SMILES string of the molecule is NC(=O)n1cc(NC(=O)N2[C@@H]3C[C@@H]3C[C@H]2C(=O)CCc2cccc(Cl)c2F)c2cc(CC(=O)O)ccc21. The van der Waals surface area contributed by atoms with Crippen molar-refractivity contribution in [1.29, 1.82) is 0 Å². The van der Waals surface area contributed by atoms with Crippen molar-refractivity contribution in [3.8, 4) is 0 Å². The van der Waals surface area contributed by atoms with E-state index in [1.807, 2.05) is 0 Å². The molecule has 1 saturated carbocycles.